The number of nitro benzene ring substituents is 1. The van der Waals surface area contributed by atoms with Crippen LogP contribution < -0.4 is 4.90 Å². The van der Waals surface area contributed by atoms with Crippen molar-refractivity contribution in [2.24, 2.45) is 0 Å². The molecular weight excluding hydrogens is 396 g/mol. The third kappa shape index (κ3) is 3.70. The summed E-state index contributed by atoms with van der Waals surface area (Å²) in [6.45, 7) is 6.65. The van der Waals surface area contributed by atoms with Gasteiger partial charge < -0.3 is 9.80 Å². The molecule has 0 aliphatic carbocycles. The van der Waals surface area contributed by atoms with E-state index in [1.807, 2.05) is 37.9 Å². The molecule has 0 N–H and O–H groups in total. The van der Waals surface area contributed by atoms with E-state index in [-0.39, 0.29) is 11.6 Å². The first kappa shape index (κ1) is 20.7. The van der Waals surface area contributed by atoms with Crippen LogP contribution >= 0.6 is 0 Å². The molecule has 8 nitrogen and oxygen atoms in total. The summed E-state index contributed by atoms with van der Waals surface area (Å²) in [6, 6.07) is 11.4. The number of piperazine rings is 1. The number of nitrogens with zero attached hydrogens (tertiary/aromatic N) is 4. The number of rotatable bonds is 4. The van der Waals surface area contributed by atoms with Crippen molar-refractivity contribution in [3.05, 3.63) is 75.0 Å². The summed E-state index contributed by atoms with van der Waals surface area (Å²) in [4.78, 5) is 43.1. The number of aryl methyl sites for hydroxylation is 2. The van der Waals surface area contributed by atoms with Gasteiger partial charge in [-0.05, 0) is 50.2 Å². The number of likely N-dealkylation sites (N-methyl/N-ethyl adjacent to an activating group) is 1. The van der Waals surface area contributed by atoms with Crippen LogP contribution in [-0.2, 0) is 9.59 Å². The van der Waals surface area contributed by atoms with Crippen molar-refractivity contribution in [1.82, 2.24) is 9.80 Å². The minimum absolute atomic E-state index is 0.0616. The Hall–Kier alpha value is -3.52. The number of hydrogen-bond donors (Lipinski definition) is 0. The lowest BCUT2D eigenvalue weighted by Gasteiger charge is -2.34. The quantitative estimate of drug-likeness (QED) is 0.429. The van der Waals surface area contributed by atoms with Crippen molar-refractivity contribution in [2.45, 2.75) is 13.8 Å². The van der Waals surface area contributed by atoms with E-state index in [0.29, 0.717) is 35.6 Å². The summed E-state index contributed by atoms with van der Waals surface area (Å²) < 4.78 is 0. The van der Waals surface area contributed by atoms with Crippen LogP contribution in [0.5, 0.6) is 0 Å². The molecule has 4 rings (SSSR count). The predicted molar refractivity (Wildman–Crippen MR) is 117 cm³/mol. The zero-order valence-corrected chi connectivity index (χ0v) is 17.8. The molecule has 0 aromatic heterocycles. The molecule has 0 unspecified atom stereocenters. The maximum Gasteiger partial charge on any atom is 0.282 e. The molecule has 2 heterocycles. The van der Waals surface area contributed by atoms with Crippen LogP contribution in [0.2, 0.25) is 0 Å². The number of non-ortho nitro benzene ring substituents is 1. The molecule has 8 heteroatoms. The first-order valence-electron chi connectivity index (χ1n) is 10.2. The van der Waals surface area contributed by atoms with Gasteiger partial charge in [0.15, 0.2) is 0 Å². The second kappa shape index (κ2) is 7.96. The van der Waals surface area contributed by atoms with Crippen LogP contribution in [0.1, 0.15) is 16.7 Å². The first-order valence-corrected chi connectivity index (χ1v) is 10.2. The summed E-state index contributed by atoms with van der Waals surface area (Å²) in [5.74, 6) is -0.755. The average molecular weight is 420 g/mol. The zero-order chi connectivity index (χ0) is 22.3. The Morgan fingerprint density at radius 1 is 0.903 bits per heavy atom. The van der Waals surface area contributed by atoms with E-state index in [0.717, 1.165) is 24.2 Å². The fourth-order valence-corrected chi connectivity index (χ4v) is 4.13. The highest BCUT2D eigenvalue weighted by Crippen LogP contribution is 2.37. The van der Waals surface area contributed by atoms with Gasteiger partial charge in [0.1, 0.15) is 5.70 Å². The van der Waals surface area contributed by atoms with Gasteiger partial charge in [-0.25, -0.2) is 4.90 Å². The SMILES string of the molecule is Cc1ccc(N2C(=O)C(c3ccc([N+](=O)[O-])cc3)=C(N3CCN(C)CC3)C2=O)c(C)c1. The fraction of sp³-hybridized carbons (Fsp3) is 0.304. The number of imide groups is 1. The summed E-state index contributed by atoms with van der Waals surface area (Å²) in [5.41, 5.74) is 3.55. The van der Waals surface area contributed by atoms with Crippen LogP contribution in [0, 0.1) is 24.0 Å². The lowest BCUT2D eigenvalue weighted by Crippen LogP contribution is -2.46. The van der Waals surface area contributed by atoms with E-state index in [9.17, 15) is 19.7 Å². The largest absolute Gasteiger partial charge is 0.364 e. The summed E-state index contributed by atoms with van der Waals surface area (Å²) in [7, 11) is 2.02. The molecule has 0 spiro atoms. The average Bonchev–Trinajstić information content (AvgIpc) is 2.99. The lowest BCUT2D eigenvalue weighted by molar-refractivity contribution is -0.384. The topological polar surface area (TPSA) is 87.0 Å². The van der Waals surface area contributed by atoms with E-state index in [1.165, 1.54) is 17.0 Å². The molecule has 1 fully saturated rings. The standard InChI is InChI=1S/C23H24N4O4/c1-15-4-9-19(16(2)14-15)26-22(28)20(17-5-7-18(8-6-17)27(30)31)21(23(26)29)25-12-10-24(3)11-13-25/h4-9,14H,10-13H2,1-3H3. The summed E-state index contributed by atoms with van der Waals surface area (Å²) in [6.07, 6.45) is 0. The second-order valence-electron chi connectivity index (χ2n) is 8.05. The lowest BCUT2D eigenvalue weighted by atomic mass is 10.0. The number of amides is 2. The van der Waals surface area contributed by atoms with E-state index in [2.05, 4.69) is 4.90 Å². The van der Waals surface area contributed by atoms with Gasteiger partial charge in [0.25, 0.3) is 17.5 Å². The fourth-order valence-electron chi connectivity index (χ4n) is 4.13. The van der Waals surface area contributed by atoms with E-state index in [4.69, 9.17) is 0 Å². The Balaban J connectivity index is 1.82. The zero-order valence-electron chi connectivity index (χ0n) is 17.8. The molecule has 0 radical (unpaired) electrons. The molecule has 2 aliphatic heterocycles. The highest BCUT2D eigenvalue weighted by Gasteiger charge is 2.43. The molecule has 2 amide bonds. The molecule has 2 aromatic rings. The molecule has 1 saturated heterocycles. The molecule has 160 valence electrons. The van der Waals surface area contributed by atoms with Gasteiger partial charge in [0, 0.05) is 38.3 Å². The summed E-state index contributed by atoms with van der Waals surface area (Å²) in [5, 5.41) is 11.0. The molecule has 0 saturated carbocycles. The van der Waals surface area contributed by atoms with Crippen LogP contribution in [0.4, 0.5) is 11.4 Å². The maximum absolute atomic E-state index is 13.6. The normalized spacial score (nSPS) is 17.6. The van der Waals surface area contributed by atoms with Gasteiger partial charge in [-0.2, -0.15) is 0 Å². The smallest absolute Gasteiger partial charge is 0.282 e. The molecule has 0 bridgehead atoms. The second-order valence-corrected chi connectivity index (χ2v) is 8.05. The van der Waals surface area contributed by atoms with E-state index >= 15 is 0 Å². The minimum atomic E-state index is -0.483. The van der Waals surface area contributed by atoms with Gasteiger partial charge in [-0.15, -0.1) is 0 Å². The van der Waals surface area contributed by atoms with Crippen molar-refractivity contribution in [2.75, 3.05) is 38.1 Å². The molecule has 2 aromatic carbocycles. The molecule has 2 aliphatic rings. The Labute approximate surface area is 180 Å². The van der Waals surface area contributed by atoms with Crippen LogP contribution in [0.3, 0.4) is 0 Å². The van der Waals surface area contributed by atoms with Crippen molar-refractivity contribution in [1.29, 1.82) is 0 Å². The number of carbonyl (C=O) groups excluding carboxylic acids is 2. The van der Waals surface area contributed by atoms with E-state index in [1.54, 1.807) is 18.2 Å². The Morgan fingerprint density at radius 2 is 1.55 bits per heavy atom. The van der Waals surface area contributed by atoms with Crippen molar-refractivity contribution in [3.8, 4) is 0 Å². The third-order valence-electron chi connectivity index (χ3n) is 5.84. The van der Waals surface area contributed by atoms with Gasteiger partial charge in [-0.1, -0.05) is 17.7 Å². The Bertz CT molecular complexity index is 1100. The van der Waals surface area contributed by atoms with Crippen LogP contribution in [0.25, 0.3) is 5.57 Å². The number of carbonyl (C=O) groups is 2. The Kier molecular flexibility index (Phi) is 5.32. The van der Waals surface area contributed by atoms with Gasteiger partial charge in [0.2, 0.25) is 0 Å². The van der Waals surface area contributed by atoms with Crippen molar-refractivity contribution >= 4 is 28.8 Å². The van der Waals surface area contributed by atoms with Gasteiger partial charge in [-0.3, -0.25) is 19.7 Å². The monoisotopic (exact) mass is 420 g/mol. The highest BCUT2D eigenvalue weighted by molar-refractivity contribution is 6.45. The highest BCUT2D eigenvalue weighted by atomic mass is 16.6. The van der Waals surface area contributed by atoms with E-state index < -0.39 is 10.8 Å². The number of anilines is 1. The maximum atomic E-state index is 13.6. The number of hydrogen-bond acceptors (Lipinski definition) is 6. The van der Waals surface area contributed by atoms with Gasteiger partial charge in [0.05, 0.1) is 16.2 Å². The van der Waals surface area contributed by atoms with Gasteiger partial charge >= 0.3 is 0 Å². The molecule has 0 atom stereocenters. The third-order valence-corrected chi connectivity index (χ3v) is 5.84. The predicted octanol–water partition coefficient (Wildman–Crippen LogP) is 2.74. The molecular formula is C23H24N4O4. The van der Waals surface area contributed by atoms with Crippen LogP contribution in [-0.4, -0.2) is 59.8 Å². The van der Waals surface area contributed by atoms with Crippen molar-refractivity contribution in [3.63, 3.8) is 0 Å². The Morgan fingerprint density at radius 3 is 2.13 bits per heavy atom. The van der Waals surface area contributed by atoms with Crippen molar-refractivity contribution < 1.29 is 14.5 Å². The first-order chi connectivity index (χ1) is 14.8. The van der Waals surface area contributed by atoms with Crippen LogP contribution in [0.15, 0.2) is 48.2 Å². The summed E-state index contributed by atoms with van der Waals surface area (Å²) >= 11 is 0. The number of nitro groups is 1. The molecule has 31 heavy (non-hydrogen) atoms. The minimum Gasteiger partial charge on any atom is -0.364 e. The number of benzene rings is 2.